The summed E-state index contributed by atoms with van der Waals surface area (Å²) in [6.07, 6.45) is 1.36. The lowest BCUT2D eigenvalue weighted by atomic mass is 10.3. The lowest BCUT2D eigenvalue weighted by Crippen LogP contribution is -1.97. The van der Waals surface area contributed by atoms with E-state index in [2.05, 4.69) is 9.97 Å². The van der Waals surface area contributed by atoms with Gasteiger partial charge >= 0.3 is 0 Å². The zero-order chi connectivity index (χ0) is 12.1. The molecule has 0 fully saturated rings. The summed E-state index contributed by atoms with van der Waals surface area (Å²) in [6, 6.07) is 8.95. The van der Waals surface area contributed by atoms with Crippen LogP contribution in [0.15, 0.2) is 36.7 Å². The number of aromatic nitrogens is 2. The summed E-state index contributed by atoms with van der Waals surface area (Å²) in [7, 11) is 0. The molecule has 0 aliphatic heterocycles. The maximum atomic E-state index is 5.59. The molecule has 0 radical (unpaired) electrons. The first-order valence-corrected chi connectivity index (χ1v) is 5.27. The van der Waals surface area contributed by atoms with Crippen molar-refractivity contribution in [3.05, 3.63) is 36.7 Å². The van der Waals surface area contributed by atoms with Gasteiger partial charge in [-0.3, -0.25) is 0 Å². The van der Waals surface area contributed by atoms with E-state index >= 15 is 0 Å². The first-order chi connectivity index (χ1) is 8.29. The van der Waals surface area contributed by atoms with E-state index in [9.17, 15) is 0 Å². The van der Waals surface area contributed by atoms with Gasteiger partial charge in [-0.25, -0.2) is 9.97 Å². The topological polar surface area (TPSA) is 70.3 Å². The second-order valence-corrected chi connectivity index (χ2v) is 3.26. The van der Waals surface area contributed by atoms with Crippen LogP contribution in [0.2, 0.25) is 0 Å². The molecule has 2 rings (SSSR count). The third kappa shape index (κ3) is 2.84. The van der Waals surface area contributed by atoms with E-state index in [4.69, 9.17) is 15.2 Å². The van der Waals surface area contributed by atoms with Gasteiger partial charge in [-0.1, -0.05) is 12.1 Å². The number of nitrogens with two attached hydrogens (primary N) is 1. The summed E-state index contributed by atoms with van der Waals surface area (Å²) in [4.78, 5) is 7.76. The molecule has 5 nitrogen and oxygen atoms in total. The number of ether oxygens (including phenoxy) is 2. The molecule has 0 saturated heterocycles. The van der Waals surface area contributed by atoms with Gasteiger partial charge in [0, 0.05) is 6.07 Å². The molecule has 0 unspecified atom stereocenters. The van der Waals surface area contributed by atoms with Crippen molar-refractivity contribution in [3.8, 4) is 17.4 Å². The van der Waals surface area contributed by atoms with Crippen LogP contribution in [0.4, 0.5) is 5.82 Å². The second-order valence-electron chi connectivity index (χ2n) is 3.26. The predicted octanol–water partition coefficient (Wildman–Crippen LogP) is 2.25. The Labute approximate surface area is 99.2 Å². The van der Waals surface area contributed by atoms with Gasteiger partial charge in [0.15, 0.2) is 11.5 Å². The minimum absolute atomic E-state index is 0.365. The number of anilines is 1. The molecule has 0 saturated carbocycles. The van der Waals surface area contributed by atoms with E-state index in [-0.39, 0.29) is 0 Å². The molecule has 1 aromatic carbocycles. The molecule has 1 heterocycles. The molecule has 2 aromatic rings. The van der Waals surface area contributed by atoms with Crippen molar-refractivity contribution >= 4 is 5.82 Å². The SMILES string of the molecule is CCOc1ccccc1Oc1cc(N)ncn1. The highest BCUT2D eigenvalue weighted by Crippen LogP contribution is 2.30. The molecular formula is C12H13N3O2. The Kier molecular flexibility index (Phi) is 3.40. The van der Waals surface area contributed by atoms with Crippen molar-refractivity contribution in [3.63, 3.8) is 0 Å². The van der Waals surface area contributed by atoms with Crippen LogP contribution >= 0.6 is 0 Å². The number of nitrogen functional groups attached to an aromatic ring is 1. The fourth-order valence-corrected chi connectivity index (χ4v) is 1.33. The first-order valence-electron chi connectivity index (χ1n) is 5.27. The van der Waals surface area contributed by atoms with E-state index in [1.54, 1.807) is 6.07 Å². The molecule has 88 valence electrons. The highest BCUT2D eigenvalue weighted by molar-refractivity contribution is 5.42. The Hall–Kier alpha value is -2.30. The Balaban J connectivity index is 2.23. The second kappa shape index (κ2) is 5.16. The van der Waals surface area contributed by atoms with Crippen LogP contribution in [0.3, 0.4) is 0 Å². The Morgan fingerprint density at radius 1 is 1.18 bits per heavy atom. The number of rotatable bonds is 4. The Morgan fingerprint density at radius 3 is 2.65 bits per heavy atom. The molecule has 0 atom stereocenters. The summed E-state index contributed by atoms with van der Waals surface area (Å²) in [6.45, 7) is 2.49. The molecule has 0 spiro atoms. The van der Waals surface area contributed by atoms with Crippen LogP contribution in [0.1, 0.15) is 6.92 Å². The van der Waals surface area contributed by atoms with Gasteiger partial charge in [0.05, 0.1) is 6.61 Å². The standard InChI is InChI=1S/C12H13N3O2/c1-2-16-9-5-3-4-6-10(9)17-12-7-11(13)14-8-15-12/h3-8H,2H2,1H3,(H2,13,14,15). The normalized spacial score (nSPS) is 9.94. The minimum atomic E-state index is 0.365. The maximum Gasteiger partial charge on any atom is 0.224 e. The summed E-state index contributed by atoms with van der Waals surface area (Å²) in [5.41, 5.74) is 5.55. The van der Waals surface area contributed by atoms with Crippen LogP contribution in [0.5, 0.6) is 17.4 Å². The average molecular weight is 231 g/mol. The van der Waals surface area contributed by atoms with E-state index in [0.29, 0.717) is 29.8 Å². The highest BCUT2D eigenvalue weighted by atomic mass is 16.5. The van der Waals surface area contributed by atoms with Gasteiger partial charge in [-0.05, 0) is 19.1 Å². The molecule has 0 amide bonds. The Bertz CT molecular complexity index is 503. The van der Waals surface area contributed by atoms with Crippen LogP contribution in [0.25, 0.3) is 0 Å². The minimum Gasteiger partial charge on any atom is -0.490 e. The van der Waals surface area contributed by atoms with Gasteiger partial charge in [0.2, 0.25) is 5.88 Å². The quantitative estimate of drug-likeness (QED) is 0.873. The van der Waals surface area contributed by atoms with Gasteiger partial charge in [-0.2, -0.15) is 0 Å². The van der Waals surface area contributed by atoms with E-state index in [1.807, 2.05) is 31.2 Å². The molecule has 0 aliphatic rings. The predicted molar refractivity (Wildman–Crippen MR) is 64.1 cm³/mol. The summed E-state index contributed by atoms with van der Waals surface area (Å²) in [5, 5.41) is 0. The average Bonchev–Trinajstić information content (AvgIpc) is 2.32. The first kappa shape index (κ1) is 11.2. The molecule has 0 aliphatic carbocycles. The van der Waals surface area contributed by atoms with E-state index in [1.165, 1.54) is 6.33 Å². The zero-order valence-corrected chi connectivity index (χ0v) is 9.46. The summed E-state index contributed by atoms with van der Waals surface area (Å²) in [5.74, 6) is 2.04. The number of hydrogen-bond acceptors (Lipinski definition) is 5. The monoisotopic (exact) mass is 231 g/mol. The van der Waals surface area contributed by atoms with Crippen LogP contribution in [0, 0.1) is 0 Å². The zero-order valence-electron chi connectivity index (χ0n) is 9.46. The highest BCUT2D eigenvalue weighted by Gasteiger charge is 2.06. The number of benzene rings is 1. The Morgan fingerprint density at radius 2 is 1.94 bits per heavy atom. The lowest BCUT2D eigenvalue weighted by Gasteiger charge is -2.10. The third-order valence-corrected chi connectivity index (χ3v) is 2.03. The van der Waals surface area contributed by atoms with E-state index in [0.717, 1.165) is 0 Å². The van der Waals surface area contributed by atoms with Crippen LogP contribution < -0.4 is 15.2 Å². The fourth-order valence-electron chi connectivity index (χ4n) is 1.33. The third-order valence-electron chi connectivity index (χ3n) is 2.03. The van der Waals surface area contributed by atoms with Gasteiger partial charge in [0.1, 0.15) is 12.1 Å². The van der Waals surface area contributed by atoms with Crippen molar-refractivity contribution in [1.82, 2.24) is 9.97 Å². The van der Waals surface area contributed by atoms with Crippen molar-refractivity contribution in [2.24, 2.45) is 0 Å². The van der Waals surface area contributed by atoms with Gasteiger partial charge < -0.3 is 15.2 Å². The molecule has 0 bridgehead atoms. The molecular weight excluding hydrogens is 218 g/mol. The van der Waals surface area contributed by atoms with Gasteiger partial charge in [0.25, 0.3) is 0 Å². The van der Waals surface area contributed by atoms with Crippen molar-refractivity contribution in [2.45, 2.75) is 6.92 Å². The molecule has 1 aromatic heterocycles. The van der Waals surface area contributed by atoms with Crippen LogP contribution in [-0.4, -0.2) is 16.6 Å². The summed E-state index contributed by atoms with van der Waals surface area (Å²) < 4.78 is 11.0. The van der Waals surface area contributed by atoms with Crippen molar-refractivity contribution < 1.29 is 9.47 Å². The molecule has 2 N–H and O–H groups in total. The smallest absolute Gasteiger partial charge is 0.224 e. The number of para-hydroxylation sites is 2. The maximum absolute atomic E-state index is 5.59. The molecule has 17 heavy (non-hydrogen) atoms. The van der Waals surface area contributed by atoms with Crippen LogP contribution in [-0.2, 0) is 0 Å². The van der Waals surface area contributed by atoms with Crippen molar-refractivity contribution in [1.29, 1.82) is 0 Å². The molecule has 5 heteroatoms. The number of hydrogen-bond donors (Lipinski definition) is 1. The van der Waals surface area contributed by atoms with Crippen molar-refractivity contribution in [2.75, 3.05) is 12.3 Å². The fraction of sp³-hybridized carbons (Fsp3) is 0.167. The largest absolute Gasteiger partial charge is 0.490 e. The number of nitrogens with zero attached hydrogens (tertiary/aromatic N) is 2. The summed E-state index contributed by atoms with van der Waals surface area (Å²) >= 11 is 0. The van der Waals surface area contributed by atoms with E-state index < -0.39 is 0 Å². The van der Waals surface area contributed by atoms with Gasteiger partial charge in [-0.15, -0.1) is 0 Å². The lowest BCUT2D eigenvalue weighted by molar-refractivity contribution is 0.319.